The summed E-state index contributed by atoms with van der Waals surface area (Å²) >= 11 is 3.52. The third kappa shape index (κ3) is 4.65. The molecule has 1 N–H and O–H groups in total. The Hall–Kier alpha value is -3.53. The predicted molar refractivity (Wildman–Crippen MR) is 125 cm³/mol. The Morgan fingerprint density at radius 2 is 2.00 bits per heavy atom. The number of amides is 1. The van der Waals surface area contributed by atoms with Gasteiger partial charge in [0, 0.05) is 29.9 Å². The molecule has 1 aliphatic carbocycles. The fraction of sp³-hybridized carbons (Fsp3) is 0.261. The monoisotopic (exact) mass is 508 g/mol. The molecular formula is C23H21BrN6O3. The first-order chi connectivity index (χ1) is 15.9. The summed E-state index contributed by atoms with van der Waals surface area (Å²) in [5, 5.41) is 11.5. The highest BCUT2D eigenvalue weighted by Gasteiger charge is 2.30. The molecule has 0 bridgehead atoms. The van der Waals surface area contributed by atoms with Gasteiger partial charge < -0.3 is 10.1 Å². The molecule has 1 saturated carbocycles. The van der Waals surface area contributed by atoms with E-state index in [2.05, 4.69) is 36.4 Å². The third-order valence-corrected chi connectivity index (χ3v) is 6.15. The summed E-state index contributed by atoms with van der Waals surface area (Å²) in [5.41, 5.74) is 2.75. The number of benzene rings is 1. The lowest BCUT2D eigenvalue weighted by Gasteiger charge is -2.09. The summed E-state index contributed by atoms with van der Waals surface area (Å²) in [6.07, 6.45) is 3.72. The summed E-state index contributed by atoms with van der Waals surface area (Å²) < 4.78 is 9.91. The Kier molecular flexibility index (Phi) is 5.45. The Morgan fingerprint density at radius 1 is 1.18 bits per heavy atom. The van der Waals surface area contributed by atoms with Crippen molar-refractivity contribution in [2.24, 2.45) is 13.0 Å². The smallest absolute Gasteiger partial charge is 0.237 e. The van der Waals surface area contributed by atoms with E-state index in [1.54, 1.807) is 46.7 Å². The van der Waals surface area contributed by atoms with Gasteiger partial charge in [-0.15, -0.1) is 5.10 Å². The quantitative estimate of drug-likeness (QED) is 0.377. The number of imidazole rings is 1. The SMILES string of the molecule is Cc1cc(C(=O)Cc2cc(Oc3ccc4nc(NC(=O)C5CC5)cn4n3)ccc2Br)n(C)n1. The van der Waals surface area contributed by atoms with Crippen LogP contribution in [-0.2, 0) is 18.3 Å². The van der Waals surface area contributed by atoms with Gasteiger partial charge in [-0.25, -0.2) is 9.50 Å². The normalized spacial score (nSPS) is 13.3. The maximum absolute atomic E-state index is 12.8. The van der Waals surface area contributed by atoms with Crippen molar-refractivity contribution < 1.29 is 14.3 Å². The maximum atomic E-state index is 12.8. The van der Waals surface area contributed by atoms with Crippen molar-refractivity contribution in [2.45, 2.75) is 26.2 Å². The largest absolute Gasteiger partial charge is 0.438 e. The van der Waals surface area contributed by atoms with Crippen LogP contribution in [-0.4, -0.2) is 36.1 Å². The number of aromatic nitrogens is 5. The number of carbonyl (C=O) groups is 2. The van der Waals surface area contributed by atoms with E-state index >= 15 is 0 Å². The molecule has 9 nitrogen and oxygen atoms in total. The summed E-state index contributed by atoms with van der Waals surface area (Å²) in [7, 11) is 1.76. The Morgan fingerprint density at radius 3 is 2.73 bits per heavy atom. The molecule has 0 saturated heterocycles. The van der Waals surface area contributed by atoms with Crippen molar-refractivity contribution in [2.75, 3.05) is 5.32 Å². The van der Waals surface area contributed by atoms with E-state index in [-0.39, 0.29) is 24.0 Å². The molecule has 1 fully saturated rings. The van der Waals surface area contributed by atoms with E-state index in [1.807, 2.05) is 19.1 Å². The third-order valence-electron chi connectivity index (χ3n) is 5.37. The van der Waals surface area contributed by atoms with Gasteiger partial charge in [0.1, 0.15) is 11.4 Å². The zero-order chi connectivity index (χ0) is 23.1. The highest BCUT2D eigenvalue weighted by atomic mass is 79.9. The van der Waals surface area contributed by atoms with Crippen LogP contribution in [0.25, 0.3) is 5.65 Å². The van der Waals surface area contributed by atoms with Crippen LogP contribution in [0, 0.1) is 12.8 Å². The minimum atomic E-state index is -0.0327. The molecule has 0 aliphatic heterocycles. The van der Waals surface area contributed by atoms with E-state index in [1.165, 1.54) is 0 Å². The van der Waals surface area contributed by atoms with E-state index in [0.29, 0.717) is 28.8 Å². The molecule has 4 aromatic rings. The number of hydrogen-bond acceptors (Lipinski definition) is 6. The molecule has 3 aromatic heterocycles. The first kappa shape index (κ1) is 21.3. The first-order valence-electron chi connectivity index (χ1n) is 10.5. The van der Waals surface area contributed by atoms with Gasteiger partial charge in [-0.3, -0.25) is 14.3 Å². The van der Waals surface area contributed by atoms with E-state index in [9.17, 15) is 9.59 Å². The average molecular weight is 509 g/mol. The molecule has 1 amide bonds. The van der Waals surface area contributed by atoms with Gasteiger partial charge in [-0.05, 0) is 55.7 Å². The van der Waals surface area contributed by atoms with Crippen LogP contribution in [0.1, 0.15) is 34.6 Å². The number of hydrogen-bond donors (Lipinski definition) is 1. The van der Waals surface area contributed by atoms with Crippen LogP contribution < -0.4 is 10.1 Å². The lowest BCUT2D eigenvalue weighted by atomic mass is 10.1. The Balaban J connectivity index is 1.32. The second kappa shape index (κ2) is 8.43. The van der Waals surface area contributed by atoms with Gasteiger partial charge in [0.2, 0.25) is 11.8 Å². The average Bonchev–Trinajstić information content (AvgIpc) is 3.46. The van der Waals surface area contributed by atoms with Gasteiger partial charge in [0.15, 0.2) is 17.2 Å². The van der Waals surface area contributed by atoms with Crippen molar-refractivity contribution in [1.29, 1.82) is 0 Å². The molecule has 1 aliphatic rings. The molecule has 10 heteroatoms. The summed E-state index contributed by atoms with van der Waals surface area (Å²) in [4.78, 5) is 29.1. The van der Waals surface area contributed by atoms with E-state index in [4.69, 9.17) is 4.74 Å². The Labute approximate surface area is 197 Å². The number of ketones is 1. The summed E-state index contributed by atoms with van der Waals surface area (Å²) in [6.45, 7) is 1.86. The van der Waals surface area contributed by atoms with Crippen molar-refractivity contribution in [3.8, 4) is 11.6 Å². The molecule has 0 atom stereocenters. The van der Waals surface area contributed by atoms with E-state index in [0.717, 1.165) is 28.6 Å². The zero-order valence-electron chi connectivity index (χ0n) is 18.1. The standard InChI is InChI=1S/C23H21BrN6O3/c1-13-9-18(29(2)27-13)19(31)11-15-10-16(5-6-17(15)24)33-22-8-7-21-25-20(12-30(21)28-22)26-23(32)14-3-4-14/h5-10,12,14H,3-4,11H2,1-2H3,(H,26,32). The zero-order valence-corrected chi connectivity index (χ0v) is 19.7. The molecule has 0 unspecified atom stereocenters. The fourth-order valence-electron chi connectivity index (χ4n) is 3.56. The van der Waals surface area contributed by atoms with Crippen LogP contribution in [0.4, 0.5) is 5.82 Å². The van der Waals surface area contributed by atoms with Gasteiger partial charge >= 0.3 is 0 Å². The van der Waals surface area contributed by atoms with Crippen LogP contribution in [0.15, 0.2) is 47.1 Å². The molecule has 0 radical (unpaired) electrons. The number of carbonyl (C=O) groups excluding carboxylic acids is 2. The second-order valence-electron chi connectivity index (χ2n) is 8.11. The number of halogens is 1. The van der Waals surface area contributed by atoms with Crippen LogP contribution in [0.2, 0.25) is 0 Å². The lowest BCUT2D eigenvalue weighted by molar-refractivity contribution is -0.117. The number of nitrogens with one attached hydrogen (secondary N) is 1. The maximum Gasteiger partial charge on any atom is 0.237 e. The fourth-order valence-corrected chi connectivity index (χ4v) is 3.95. The lowest BCUT2D eigenvalue weighted by Crippen LogP contribution is -2.13. The molecular weight excluding hydrogens is 488 g/mol. The first-order valence-corrected chi connectivity index (χ1v) is 11.3. The molecule has 33 heavy (non-hydrogen) atoms. The minimum absolute atomic E-state index is 0.00639. The van der Waals surface area contributed by atoms with Crippen molar-refractivity contribution >= 4 is 39.1 Å². The van der Waals surface area contributed by atoms with Crippen molar-refractivity contribution in [3.63, 3.8) is 0 Å². The molecule has 0 spiro atoms. The number of rotatable bonds is 7. The number of aryl methyl sites for hydroxylation is 2. The van der Waals surface area contributed by atoms with Crippen LogP contribution in [0.3, 0.4) is 0 Å². The number of nitrogens with zero attached hydrogens (tertiary/aromatic N) is 5. The van der Waals surface area contributed by atoms with E-state index < -0.39 is 0 Å². The second-order valence-corrected chi connectivity index (χ2v) is 8.97. The minimum Gasteiger partial charge on any atom is -0.438 e. The summed E-state index contributed by atoms with van der Waals surface area (Å²) in [6, 6.07) is 10.7. The number of fused-ring (bicyclic) bond motifs is 1. The number of ether oxygens (including phenoxy) is 1. The highest BCUT2D eigenvalue weighted by Crippen LogP contribution is 2.30. The number of anilines is 1. The van der Waals surface area contributed by atoms with Crippen LogP contribution in [0.5, 0.6) is 11.6 Å². The van der Waals surface area contributed by atoms with Gasteiger partial charge in [-0.1, -0.05) is 15.9 Å². The molecule has 5 rings (SSSR count). The van der Waals surface area contributed by atoms with Crippen molar-refractivity contribution in [1.82, 2.24) is 24.4 Å². The molecule has 3 heterocycles. The van der Waals surface area contributed by atoms with Gasteiger partial charge in [0.05, 0.1) is 11.9 Å². The predicted octanol–water partition coefficient (Wildman–Crippen LogP) is 4.10. The van der Waals surface area contributed by atoms with Crippen LogP contribution >= 0.6 is 15.9 Å². The highest BCUT2D eigenvalue weighted by molar-refractivity contribution is 9.10. The van der Waals surface area contributed by atoms with Gasteiger partial charge in [-0.2, -0.15) is 5.10 Å². The van der Waals surface area contributed by atoms with Crippen molar-refractivity contribution in [3.05, 3.63) is 64.0 Å². The summed E-state index contributed by atoms with van der Waals surface area (Å²) in [5.74, 6) is 1.44. The number of Topliss-reactive ketones (excluding diaryl/α,β-unsaturated/α-hetero) is 1. The topological polar surface area (TPSA) is 103 Å². The molecule has 1 aromatic carbocycles. The van der Waals surface area contributed by atoms with Gasteiger partial charge in [0.25, 0.3) is 0 Å². The Bertz CT molecular complexity index is 1390. The molecule has 168 valence electrons.